The second-order valence-electron chi connectivity index (χ2n) is 4.48. The van der Waals surface area contributed by atoms with Crippen LogP contribution in [0.1, 0.15) is 24.5 Å². The second-order valence-corrected chi connectivity index (χ2v) is 4.48. The van der Waals surface area contributed by atoms with Crippen molar-refractivity contribution < 1.29 is 36.2 Å². The summed E-state index contributed by atoms with van der Waals surface area (Å²) in [6, 6.07) is 2.24. The highest BCUT2D eigenvalue weighted by Gasteiger charge is 2.71. The third-order valence-corrected chi connectivity index (χ3v) is 3.04. The van der Waals surface area contributed by atoms with Gasteiger partial charge in [-0.2, -0.15) is 26.3 Å². The van der Waals surface area contributed by atoms with Crippen molar-refractivity contribution in [3.8, 4) is 5.75 Å². The van der Waals surface area contributed by atoms with Gasteiger partial charge in [-0.25, -0.2) is 0 Å². The molecule has 0 atom stereocenters. The molecule has 0 heterocycles. The molecule has 1 aromatic rings. The number of alkyl halides is 6. The number of rotatable bonds is 4. The summed E-state index contributed by atoms with van der Waals surface area (Å²) >= 11 is 0. The molecule has 0 spiro atoms. The molecule has 0 radical (unpaired) electrons. The molecule has 0 aromatic heterocycles. The summed E-state index contributed by atoms with van der Waals surface area (Å²) in [7, 11) is 1.26. The zero-order valence-electron chi connectivity index (χ0n) is 11.3. The van der Waals surface area contributed by atoms with E-state index in [1.54, 1.807) is 6.92 Å². The monoisotopic (exact) mass is 316 g/mol. The van der Waals surface area contributed by atoms with Gasteiger partial charge in [0.25, 0.3) is 5.60 Å². The predicted molar refractivity (Wildman–Crippen MR) is 63.0 cm³/mol. The number of hydrogen-bond acceptors (Lipinski definition) is 2. The van der Waals surface area contributed by atoms with E-state index in [0.29, 0.717) is 18.6 Å². The van der Waals surface area contributed by atoms with Crippen molar-refractivity contribution in [1.29, 1.82) is 0 Å². The van der Waals surface area contributed by atoms with E-state index in [0.717, 1.165) is 6.07 Å². The lowest BCUT2D eigenvalue weighted by atomic mass is 9.90. The van der Waals surface area contributed by atoms with Crippen LogP contribution in [0.5, 0.6) is 5.75 Å². The summed E-state index contributed by atoms with van der Waals surface area (Å²) < 4.78 is 81.6. The zero-order valence-corrected chi connectivity index (χ0v) is 11.3. The molecule has 1 aromatic carbocycles. The lowest BCUT2D eigenvalue weighted by Crippen LogP contribution is -2.53. The summed E-state index contributed by atoms with van der Waals surface area (Å²) in [6.45, 7) is 1.71. The highest BCUT2D eigenvalue weighted by molar-refractivity contribution is 5.41. The quantitative estimate of drug-likeness (QED) is 0.852. The van der Waals surface area contributed by atoms with Crippen molar-refractivity contribution in [3.05, 3.63) is 29.3 Å². The van der Waals surface area contributed by atoms with Crippen LogP contribution in [-0.2, 0) is 12.0 Å². The van der Waals surface area contributed by atoms with Crippen LogP contribution < -0.4 is 4.74 Å². The Morgan fingerprint density at radius 2 is 1.57 bits per heavy atom. The maximum absolute atomic E-state index is 12.8. The minimum absolute atomic E-state index is 0.171. The van der Waals surface area contributed by atoms with Crippen molar-refractivity contribution in [2.24, 2.45) is 0 Å². The van der Waals surface area contributed by atoms with Crippen LogP contribution in [0, 0.1) is 0 Å². The standard InChI is InChI=1S/C13H14F6O2/c1-3-4-8-7-9(5-6-10(8)21-2)11(20,12(14,15)16)13(17,18)19/h5-7,20H,3-4H2,1-2H3. The van der Waals surface area contributed by atoms with E-state index in [2.05, 4.69) is 0 Å². The first-order chi connectivity index (χ1) is 9.49. The van der Waals surface area contributed by atoms with Crippen LogP contribution in [0.3, 0.4) is 0 Å². The number of aliphatic hydroxyl groups is 1. The first-order valence-electron chi connectivity index (χ1n) is 6.02. The van der Waals surface area contributed by atoms with Crippen molar-refractivity contribution >= 4 is 0 Å². The molecule has 0 saturated carbocycles. The van der Waals surface area contributed by atoms with E-state index >= 15 is 0 Å². The van der Waals surface area contributed by atoms with Gasteiger partial charge < -0.3 is 9.84 Å². The summed E-state index contributed by atoms with van der Waals surface area (Å²) in [6.07, 6.45) is -11.0. The Balaban J connectivity index is 3.50. The van der Waals surface area contributed by atoms with Gasteiger partial charge in [-0.3, -0.25) is 0 Å². The Hall–Kier alpha value is -1.44. The van der Waals surface area contributed by atoms with Crippen LogP contribution in [-0.4, -0.2) is 24.6 Å². The molecule has 21 heavy (non-hydrogen) atoms. The van der Waals surface area contributed by atoms with Gasteiger partial charge in [0, 0.05) is 5.56 Å². The van der Waals surface area contributed by atoms with Gasteiger partial charge in [-0.1, -0.05) is 19.4 Å². The second kappa shape index (κ2) is 5.75. The zero-order chi connectivity index (χ0) is 16.5. The molecule has 0 bridgehead atoms. The molecule has 0 amide bonds. The first kappa shape index (κ1) is 17.6. The van der Waals surface area contributed by atoms with Crippen molar-refractivity contribution in [1.82, 2.24) is 0 Å². The molecular weight excluding hydrogens is 302 g/mol. The van der Waals surface area contributed by atoms with Crippen molar-refractivity contribution in [3.63, 3.8) is 0 Å². The Kier molecular flexibility index (Phi) is 4.82. The molecule has 8 heteroatoms. The topological polar surface area (TPSA) is 29.5 Å². The van der Waals surface area contributed by atoms with Gasteiger partial charge in [-0.05, 0) is 24.1 Å². The van der Waals surface area contributed by atoms with E-state index in [1.165, 1.54) is 7.11 Å². The smallest absolute Gasteiger partial charge is 0.430 e. The number of halogens is 6. The molecule has 0 aliphatic heterocycles. The summed E-state index contributed by atoms with van der Waals surface area (Å²) in [5.41, 5.74) is -6.01. The normalized spacial score (nSPS) is 13.4. The molecule has 0 saturated heterocycles. The maximum Gasteiger partial charge on any atom is 0.430 e. The van der Waals surface area contributed by atoms with E-state index < -0.39 is 23.5 Å². The van der Waals surface area contributed by atoms with E-state index in [4.69, 9.17) is 4.74 Å². The van der Waals surface area contributed by atoms with Crippen LogP contribution in [0.15, 0.2) is 18.2 Å². The number of hydrogen-bond donors (Lipinski definition) is 1. The van der Waals surface area contributed by atoms with Gasteiger partial charge in [0.15, 0.2) is 0 Å². The fourth-order valence-electron chi connectivity index (χ4n) is 1.96. The van der Waals surface area contributed by atoms with Gasteiger partial charge in [0.1, 0.15) is 5.75 Å². The third kappa shape index (κ3) is 3.09. The summed E-state index contributed by atoms with van der Waals surface area (Å²) in [5.74, 6) is 0.173. The minimum atomic E-state index is -5.89. The fourth-order valence-corrected chi connectivity index (χ4v) is 1.96. The van der Waals surface area contributed by atoms with Crippen LogP contribution in [0.2, 0.25) is 0 Å². The first-order valence-corrected chi connectivity index (χ1v) is 6.02. The maximum atomic E-state index is 12.8. The molecule has 120 valence electrons. The molecule has 0 unspecified atom stereocenters. The van der Waals surface area contributed by atoms with Crippen LogP contribution in [0.25, 0.3) is 0 Å². The predicted octanol–water partition coefficient (Wildman–Crippen LogP) is 3.96. The lowest BCUT2D eigenvalue weighted by molar-refractivity contribution is -0.376. The molecule has 1 rings (SSSR count). The molecule has 0 aliphatic rings. The molecule has 1 N–H and O–H groups in total. The van der Waals surface area contributed by atoms with Gasteiger partial charge in [0.2, 0.25) is 0 Å². The lowest BCUT2D eigenvalue weighted by Gasteiger charge is -2.33. The van der Waals surface area contributed by atoms with Gasteiger partial charge >= 0.3 is 12.4 Å². The van der Waals surface area contributed by atoms with Gasteiger partial charge in [-0.15, -0.1) is 0 Å². The van der Waals surface area contributed by atoms with E-state index in [-0.39, 0.29) is 17.7 Å². The summed E-state index contributed by atoms with van der Waals surface area (Å²) in [4.78, 5) is 0. The Morgan fingerprint density at radius 1 is 1.05 bits per heavy atom. The van der Waals surface area contributed by atoms with Crippen molar-refractivity contribution in [2.45, 2.75) is 37.7 Å². The molecular formula is C13H14F6O2. The van der Waals surface area contributed by atoms with Crippen LogP contribution >= 0.6 is 0 Å². The summed E-state index contributed by atoms with van der Waals surface area (Å²) in [5, 5.41) is 9.32. The highest BCUT2D eigenvalue weighted by atomic mass is 19.4. The largest absolute Gasteiger partial charge is 0.496 e. The minimum Gasteiger partial charge on any atom is -0.496 e. The van der Waals surface area contributed by atoms with E-state index in [1.807, 2.05) is 0 Å². The molecule has 0 aliphatic carbocycles. The number of benzene rings is 1. The molecule has 0 fully saturated rings. The van der Waals surface area contributed by atoms with E-state index in [9.17, 15) is 31.4 Å². The van der Waals surface area contributed by atoms with Gasteiger partial charge in [0.05, 0.1) is 7.11 Å². The average Bonchev–Trinajstić information content (AvgIpc) is 2.35. The Bertz CT molecular complexity index is 478. The number of aryl methyl sites for hydroxylation is 1. The fraction of sp³-hybridized carbons (Fsp3) is 0.538. The third-order valence-electron chi connectivity index (χ3n) is 3.04. The number of methoxy groups -OCH3 is 1. The average molecular weight is 316 g/mol. The Morgan fingerprint density at radius 3 is 1.95 bits per heavy atom. The SMILES string of the molecule is CCCc1cc(C(O)(C(F)(F)F)C(F)(F)F)ccc1OC. The number of ether oxygens (including phenoxy) is 1. The van der Waals surface area contributed by atoms with Crippen molar-refractivity contribution in [2.75, 3.05) is 7.11 Å². The highest BCUT2D eigenvalue weighted by Crippen LogP contribution is 2.50. The van der Waals surface area contributed by atoms with Crippen LogP contribution in [0.4, 0.5) is 26.3 Å². The molecule has 2 nitrogen and oxygen atoms in total. The Labute approximate surface area is 117 Å².